The van der Waals surface area contributed by atoms with E-state index in [1.165, 1.54) is 30.9 Å². The minimum Gasteiger partial charge on any atom is -0.480 e. The molecule has 0 aliphatic carbocycles. The van der Waals surface area contributed by atoms with Crippen LogP contribution in [0.5, 0.6) is 0 Å². The zero-order valence-electron chi connectivity index (χ0n) is 12.7. The lowest BCUT2D eigenvalue weighted by Gasteiger charge is -2.25. The van der Waals surface area contributed by atoms with Crippen LogP contribution in [0.15, 0.2) is 36.9 Å². The first-order chi connectivity index (χ1) is 10.9. The van der Waals surface area contributed by atoms with Crippen LogP contribution in [0.25, 0.3) is 11.1 Å². The van der Waals surface area contributed by atoms with Gasteiger partial charge in [0.2, 0.25) is 0 Å². The SMILES string of the molecule is CC(C)N(CC(=O)O)C(=O)c1ccc(-c2cncnc2)cc1F. The molecule has 0 radical (unpaired) electrons. The summed E-state index contributed by atoms with van der Waals surface area (Å²) in [5.74, 6) is -2.52. The number of carbonyl (C=O) groups excluding carboxylic acids is 1. The Labute approximate surface area is 132 Å². The van der Waals surface area contributed by atoms with Crippen molar-refractivity contribution in [3.8, 4) is 11.1 Å². The van der Waals surface area contributed by atoms with Gasteiger partial charge in [-0.15, -0.1) is 0 Å². The number of halogens is 1. The molecular weight excluding hydrogens is 301 g/mol. The van der Waals surface area contributed by atoms with Gasteiger partial charge in [-0.2, -0.15) is 0 Å². The Hall–Kier alpha value is -2.83. The van der Waals surface area contributed by atoms with Gasteiger partial charge in [0, 0.05) is 24.0 Å². The number of hydrogen-bond donors (Lipinski definition) is 1. The number of rotatable bonds is 5. The molecule has 1 heterocycles. The Bertz CT molecular complexity index is 720. The van der Waals surface area contributed by atoms with Crippen molar-refractivity contribution in [3.05, 3.63) is 48.3 Å². The Morgan fingerprint density at radius 3 is 2.39 bits per heavy atom. The van der Waals surface area contributed by atoms with Crippen molar-refractivity contribution in [2.24, 2.45) is 0 Å². The lowest BCUT2D eigenvalue weighted by Crippen LogP contribution is -2.41. The number of hydrogen-bond acceptors (Lipinski definition) is 4. The molecule has 1 N–H and O–H groups in total. The summed E-state index contributed by atoms with van der Waals surface area (Å²) in [6.07, 6.45) is 4.44. The summed E-state index contributed by atoms with van der Waals surface area (Å²) in [5, 5.41) is 8.89. The molecule has 23 heavy (non-hydrogen) atoms. The van der Waals surface area contributed by atoms with Gasteiger partial charge in [-0.05, 0) is 31.5 Å². The van der Waals surface area contributed by atoms with Crippen LogP contribution >= 0.6 is 0 Å². The third-order valence-corrected chi connectivity index (χ3v) is 3.28. The molecule has 0 unspecified atom stereocenters. The van der Waals surface area contributed by atoms with Crippen molar-refractivity contribution in [2.45, 2.75) is 19.9 Å². The fourth-order valence-electron chi connectivity index (χ4n) is 2.11. The third kappa shape index (κ3) is 3.88. The summed E-state index contributed by atoms with van der Waals surface area (Å²) in [6, 6.07) is 3.77. The fourth-order valence-corrected chi connectivity index (χ4v) is 2.11. The topological polar surface area (TPSA) is 83.4 Å². The first kappa shape index (κ1) is 16.5. The van der Waals surface area contributed by atoms with Gasteiger partial charge in [0.15, 0.2) is 0 Å². The highest BCUT2D eigenvalue weighted by atomic mass is 19.1. The van der Waals surface area contributed by atoms with Crippen LogP contribution < -0.4 is 0 Å². The summed E-state index contributed by atoms with van der Waals surface area (Å²) in [7, 11) is 0. The molecule has 0 bridgehead atoms. The van der Waals surface area contributed by atoms with Crippen LogP contribution in [0, 0.1) is 5.82 Å². The van der Waals surface area contributed by atoms with Crippen molar-refractivity contribution < 1.29 is 19.1 Å². The van der Waals surface area contributed by atoms with Crippen LogP contribution in [0.4, 0.5) is 4.39 Å². The molecule has 7 heteroatoms. The zero-order valence-corrected chi connectivity index (χ0v) is 12.7. The number of aliphatic carboxylic acids is 1. The van der Waals surface area contributed by atoms with E-state index in [1.807, 2.05) is 0 Å². The smallest absolute Gasteiger partial charge is 0.323 e. The molecule has 2 rings (SSSR count). The molecule has 0 fully saturated rings. The second-order valence-corrected chi connectivity index (χ2v) is 5.24. The van der Waals surface area contributed by atoms with Crippen molar-refractivity contribution in [1.82, 2.24) is 14.9 Å². The van der Waals surface area contributed by atoms with E-state index < -0.39 is 24.2 Å². The van der Waals surface area contributed by atoms with Crippen LogP contribution in [-0.4, -0.2) is 44.4 Å². The Morgan fingerprint density at radius 2 is 1.87 bits per heavy atom. The van der Waals surface area contributed by atoms with Crippen LogP contribution in [0.1, 0.15) is 24.2 Å². The maximum absolute atomic E-state index is 14.3. The highest BCUT2D eigenvalue weighted by Gasteiger charge is 2.24. The van der Waals surface area contributed by atoms with E-state index in [2.05, 4.69) is 9.97 Å². The summed E-state index contributed by atoms with van der Waals surface area (Å²) in [6.45, 7) is 2.87. The Morgan fingerprint density at radius 1 is 1.22 bits per heavy atom. The molecule has 1 amide bonds. The molecule has 0 aliphatic rings. The standard InChI is InChI=1S/C16H16FN3O3/c1-10(2)20(8-15(21)22)16(23)13-4-3-11(5-14(13)17)12-6-18-9-19-7-12/h3-7,9-10H,8H2,1-2H3,(H,21,22). The molecule has 1 aromatic carbocycles. The molecule has 0 saturated carbocycles. The molecule has 1 aromatic heterocycles. The van der Waals surface area contributed by atoms with Crippen LogP contribution in [0.2, 0.25) is 0 Å². The summed E-state index contributed by atoms with van der Waals surface area (Å²) in [5.41, 5.74) is 0.992. The average Bonchev–Trinajstić information content (AvgIpc) is 2.52. The number of benzene rings is 1. The maximum atomic E-state index is 14.3. The zero-order chi connectivity index (χ0) is 17.0. The van der Waals surface area contributed by atoms with Gasteiger partial charge in [0.05, 0.1) is 5.56 Å². The molecule has 6 nitrogen and oxygen atoms in total. The first-order valence-electron chi connectivity index (χ1n) is 6.98. The number of carboxylic acids is 1. The lowest BCUT2D eigenvalue weighted by atomic mass is 10.0. The van der Waals surface area contributed by atoms with Crippen molar-refractivity contribution in [1.29, 1.82) is 0 Å². The van der Waals surface area contributed by atoms with Gasteiger partial charge < -0.3 is 10.0 Å². The molecule has 0 spiro atoms. The van der Waals surface area contributed by atoms with Crippen LogP contribution in [0.3, 0.4) is 0 Å². The summed E-state index contributed by atoms with van der Waals surface area (Å²) >= 11 is 0. The normalized spacial score (nSPS) is 10.6. The van der Waals surface area contributed by atoms with Crippen LogP contribution in [-0.2, 0) is 4.79 Å². The molecule has 0 atom stereocenters. The molecule has 0 saturated heterocycles. The number of nitrogens with zero attached hydrogens (tertiary/aromatic N) is 3. The minimum absolute atomic E-state index is 0.166. The summed E-state index contributed by atoms with van der Waals surface area (Å²) in [4.78, 5) is 32.1. The van der Waals surface area contributed by atoms with E-state index >= 15 is 0 Å². The van der Waals surface area contributed by atoms with E-state index in [4.69, 9.17) is 5.11 Å². The number of carbonyl (C=O) groups is 2. The number of carboxylic acid groups (broad SMARTS) is 1. The highest BCUT2D eigenvalue weighted by molar-refractivity contribution is 5.96. The number of aromatic nitrogens is 2. The lowest BCUT2D eigenvalue weighted by molar-refractivity contribution is -0.138. The fraction of sp³-hybridized carbons (Fsp3) is 0.250. The van der Waals surface area contributed by atoms with Crippen molar-refractivity contribution in [3.63, 3.8) is 0 Å². The van der Waals surface area contributed by atoms with Gasteiger partial charge in [0.1, 0.15) is 18.7 Å². The molecule has 2 aromatic rings. The van der Waals surface area contributed by atoms with Crippen molar-refractivity contribution in [2.75, 3.05) is 6.54 Å². The van der Waals surface area contributed by atoms with E-state index in [0.717, 1.165) is 4.90 Å². The summed E-state index contributed by atoms with van der Waals surface area (Å²) < 4.78 is 14.3. The predicted octanol–water partition coefficient (Wildman–Crippen LogP) is 2.22. The van der Waals surface area contributed by atoms with Gasteiger partial charge >= 0.3 is 5.97 Å². The largest absolute Gasteiger partial charge is 0.480 e. The second-order valence-electron chi connectivity index (χ2n) is 5.24. The Balaban J connectivity index is 2.33. The highest BCUT2D eigenvalue weighted by Crippen LogP contribution is 2.21. The quantitative estimate of drug-likeness (QED) is 0.914. The van der Waals surface area contributed by atoms with Crippen molar-refractivity contribution >= 4 is 11.9 Å². The van der Waals surface area contributed by atoms with E-state index in [0.29, 0.717) is 11.1 Å². The van der Waals surface area contributed by atoms with Gasteiger partial charge in [-0.1, -0.05) is 6.07 Å². The monoisotopic (exact) mass is 317 g/mol. The maximum Gasteiger partial charge on any atom is 0.323 e. The van der Waals surface area contributed by atoms with E-state index in [-0.39, 0.29) is 11.6 Å². The average molecular weight is 317 g/mol. The minimum atomic E-state index is -1.15. The molecule has 0 aliphatic heterocycles. The van der Waals surface area contributed by atoms with Gasteiger partial charge in [0.25, 0.3) is 5.91 Å². The van der Waals surface area contributed by atoms with Gasteiger partial charge in [-0.3, -0.25) is 9.59 Å². The van der Waals surface area contributed by atoms with E-state index in [9.17, 15) is 14.0 Å². The third-order valence-electron chi connectivity index (χ3n) is 3.28. The van der Waals surface area contributed by atoms with Gasteiger partial charge in [-0.25, -0.2) is 14.4 Å². The predicted molar refractivity (Wildman–Crippen MR) is 81.2 cm³/mol. The second kappa shape index (κ2) is 6.95. The first-order valence-corrected chi connectivity index (χ1v) is 6.98. The number of amides is 1. The van der Waals surface area contributed by atoms with E-state index in [1.54, 1.807) is 19.9 Å². The molecular formula is C16H16FN3O3. The molecule has 120 valence electrons. The Kier molecular flexibility index (Phi) is 5.00.